The molecule has 1 aliphatic carbocycles. The van der Waals surface area contributed by atoms with Gasteiger partial charge in [-0.3, -0.25) is 9.80 Å². The lowest BCUT2D eigenvalue weighted by atomic mass is 9.92. The molecule has 2 fully saturated rings. The van der Waals surface area contributed by atoms with Crippen LogP contribution in [-0.2, 0) is 6.54 Å². The van der Waals surface area contributed by atoms with E-state index in [4.69, 9.17) is 4.74 Å². The third-order valence-electron chi connectivity index (χ3n) is 5.84. The van der Waals surface area contributed by atoms with E-state index in [0.29, 0.717) is 12.6 Å². The molecule has 1 aromatic carbocycles. The average molecular weight is 347 g/mol. The van der Waals surface area contributed by atoms with E-state index in [2.05, 4.69) is 28.0 Å². The molecular weight excluding hydrogens is 312 g/mol. The molecule has 1 N–H and O–H groups in total. The lowest BCUT2D eigenvalue weighted by Gasteiger charge is -2.45. The van der Waals surface area contributed by atoms with Crippen molar-refractivity contribution in [2.24, 2.45) is 0 Å². The minimum Gasteiger partial charge on any atom is -0.494 e. The third-order valence-corrected chi connectivity index (χ3v) is 5.84. The summed E-state index contributed by atoms with van der Waals surface area (Å²) >= 11 is 0. The number of para-hydroxylation sites is 1. The van der Waals surface area contributed by atoms with Gasteiger partial charge in [0.1, 0.15) is 5.75 Å². The molecule has 0 unspecified atom stereocenters. The largest absolute Gasteiger partial charge is 0.494 e. The summed E-state index contributed by atoms with van der Waals surface area (Å²) in [6.45, 7) is 7.26. The highest BCUT2D eigenvalue weighted by atomic mass is 16.5. The van der Waals surface area contributed by atoms with E-state index in [0.717, 1.165) is 44.4 Å². The van der Waals surface area contributed by atoms with Crippen molar-refractivity contribution in [2.45, 2.75) is 64.1 Å². The van der Waals surface area contributed by atoms with Crippen LogP contribution in [0.1, 0.15) is 51.0 Å². The molecule has 0 radical (unpaired) electrons. The van der Waals surface area contributed by atoms with Gasteiger partial charge in [-0.15, -0.1) is 0 Å². The molecule has 1 saturated heterocycles. The van der Waals surface area contributed by atoms with Crippen LogP contribution in [-0.4, -0.2) is 59.8 Å². The number of benzene rings is 1. The standard InChI is InChI=1S/C21H34N2O2/c1-2-25-21-11-7-6-8-18(21)16-22-13-14-23(17-20(22)12-15-24)19-9-4-3-5-10-19/h6-8,11,19-20,24H,2-5,9-10,12-17H2,1H3/t20-/m0/s1. The average Bonchev–Trinajstić information content (AvgIpc) is 2.66. The third kappa shape index (κ3) is 4.96. The van der Waals surface area contributed by atoms with Crippen molar-refractivity contribution in [3.8, 4) is 5.75 Å². The van der Waals surface area contributed by atoms with Crippen molar-refractivity contribution in [2.75, 3.05) is 32.8 Å². The molecule has 0 aromatic heterocycles. The normalized spacial score (nSPS) is 23.7. The Morgan fingerprint density at radius 3 is 2.68 bits per heavy atom. The number of piperazine rings is 1. The first-order chi connectivity index (χ1) is 12.3. The van der Waals surface area contributed by atoms with Crippen molar-refractivity contribution in [1.82, 2.24) is 9.80 Å². The second-order valence-corrected chi connectivity index (χ2v) is 7.46. The van der Waals surface area contributed by atoms with Crippen LogP contribution in [0.5, 0.6) is 5.75 Å². The summed E-state index contributed by atoms with van der Waals surface area (Å²) in [5, 5.41) is 9.57. The number of ether oxygens (including phenoxy) is 1. The minimum atomic E-state index is 0.271. The Hall–Kier alpha value is -1.10. The number of nitrogens with zero attached hydrogens (tertiary/aromatic N) is 2. The maximum Gasteiger partial charge on any atom is 0.123 e. The minimum absolute atomic E-state index is 0.271. The van der Waals surface area contributed by atoms with Gasteiger partial charge in [0, 0.05) is 50.4 Å². The summed E-state index contributed by atoms with van der Waals surface area (Å²) in [4.78, 5) is 5.25. The van der Waals surface area contributed by atoms with Crippen LogP contribution in [0.2, 0.25) is 0 Å². The van der Waals surface area contributed by atoms with E-state index < -0.39 is 0 Å². The second kappa shape index (κ2) is 9.56. The van der Waals surface area contributed by atoms with E-state index in [1.165, 1.54) is 37.7 Å². The quantitative estimate of drug-likeness (QED) is 0.822. The molecule has 0 spiro atoms. The molecule has 4 nitrogen and oxygen atoms in total. The zero-order valence-electron chi connectivity index (χ0n) is 15.7. The van der Waals surface area contributed by atoms with Gasteiger partial charge in [-0.1, -0.05) is 37.5 Å². The van der Waals surface area contributed by atoms with Gasteiger partial charge in [0.15, 0.2) is 0 Å². The lowest BCUT2D eigenvalue weighted by Crippen LogP contribution is -2.56. The highest BCUT2D eigenvalue weighted by molar-refractivity contribution is 5.33. The van der Waals surface area contributed by atoms with Gasteiger partial charge < -0.3 is 9.84 Å². The summed E-state index contributed by atoms with van der Waals surface area (Å²) in [5.41, 5.74) is 1.26. The molecule has 0 amide bonds. The predicted octanol–water partition coefficient (Wildman–Crippen LogP) is 3.29. The van der Waals surface area contributed by atoms with Crippen LogP contribution < -0.4 is 4.74 Å². The summed E-state index contributed by atoms with van der Waals surface area (Å²) < 4.78 is 5.80. The molecular formula is C21H34N2O2. The molecule has 1 atom stereocenters. The van der Waals surface area contributed by atoms with Gasteiger partial charge in [-0.25, -0.2) is 0 Å². The molecule has 4 heteroatoms. The Kier molecular flexibility index (Phi) is 7.14. The number of rotatable bonds is 7. The Morgan fingerprint density at radius 1 is 1.12 bits per heavy atom. The maximum absolute atomic E-state index is 9.57. The molecule has 1 aliphatic heterocycles. The molecule has 0 bridgehead atoms. The van der Waals surface area contributed by atoms with Crippen LogP contribution >= 0.6 is 0 Å². The molecule has 1 aromatic rings. The Labute approximate surface area is 152 Å². The van der Waals surface area contributed by atoms with Crippen LogP contribution in [0.25, 0.3) is 0 Å². The summed E-state index contributed by atoms with van der Waals surface area (Å²) in [5.74, 6) is 1.00. The highest BCUT2D eigenvalue weighted by Gasteiger charge is 2.31. The van der Waals surface area contributed by atoms with Crippen molar-refractivity contribution < 1.29 is 9.84 Å². The van der Waals surface area contributed by atoms with Crippen LogP contribution in [0, 0.1) is 0 Å². The maximum atomic E-state index is 9.57. The van der Waals surface area contributed by atoms with E-state index in [-0.39, 0.29) is 6.61 Å². The van der Waals surface area contributed by atoms with Gasteiger partial charge in [-0.2, -0.15) is 0 Å². The fraction of sp³-hybridized carbons (Fsp3) is 0.714. The number of hydrogen-bond acceptors (Lipinski definition) is 4. The zero-order chi connectivity index (χ0) is 17.5. The molecule has 25 heavy (non-hydrogen) atoms. The van der Waals surface area contributed by atoms with Gasteiger partial charge in [0.25, 0.3) is 0 Å². The first-order valence-corrected chi connectivity index (χ1v) is 10.1. The lowest BCUT2D eigenvalue weighted by molar-refractivity contribution is 0.0218. The summed E-state index contributed by atoms with van der Waals surface area (Å²) in [6.07, 6.45) is 7.76. The first kappa shape index (κ1) is 18.7. The number of hydrogen-bond donors (Lipinski definition) is 1. The van der Waals surface area contributed by atoms with Crippen molar-refractivity contribution in [1.29, 1.82) is 0 Å². The Bertz CT molecular complexity index is 516. The highest BCUT2D eigenvalue weighted by Crippen LogP contribution is 2.27. The first-order valence-electron chi connectivity index (χ1n) is 10.1. The van der Waals surface area contributed by atoms with Gasteiger partial charge in [0.05, 0.1) is 6.61 Å². The van der Waals surface area contributed by atoms with Gasteiger partial charge in [-0.05, 0) is 32.3 Å². The smallest absolute Gasteiger partial charge is 0.123 e. The summed E-state index contributed by atoms with van der Waals surface area (Å²) in [7, 11) is 0. The zero-order valence-corrected chi connectivity index (χ0v) is 15.7. The molecule has 2 aliphatic rings. The number of aliphatic hydroxyl groups is 1. The Balaban J connectivity index is 1.65. The topological polar surface area (TPSA) is 35.9 Å². The van der Waals surface area contributed by atoms with Gasteiger partial charge in [0.2, 0.25) is 0 Å². The van der Waals surface area contributed by atoms with E-state index >= 15 is 0 Å². The van der Waals surface area contributed by atoms with Crippen molar-refractivity contribution in [3.05, 3.63) is 29.8 Å². The fourth-order valence-electron chi connectivity index (χ4n) is 4.48. The summed E-state index contributed by atoms with van der Waals surface area (Å²) in [6, 6.07) is 9.59. The van der Waals surface area contributed by atoms with Crippen LogP contribution in [0.4, 0.5) is 0 Å². The van der Waals surface area contributed by atoms with Crippen molar-refractivity contribution in [3.63, 3.8) is 0 Å². The molecule has 1 heterocycles. The molecule has 140 valence electrons. The van der Waals surface area contributed by atoms with E-state index in [9.17, 15) is 5.11 Å². The second-order valence-electron chi connectivity index (χ2n) is 7.46. The van der Waals surface area contributed by atoms with Crippen LogP contribution in [0.3, 0.4) is 0 Å². The molecule has 1 saturated carbocycles. The van der Waals surface area contributed by atoms with Crippen molar-refractivity contribution >= 4 is 0 Å². The fourth-order valence-corrected chi connectivity index (χ4v) is 4.48. The van der Waals surface area contributed by atoms with Gasteiger partial charge >= 0.3 is 0 Å². The predicted molar refractivity (Wildman–Crippen MR) is 102 cm³/mol. The monoisotopic (exact) mass is 346 g/mol. The van der Waals surface area contributed by atoms with E-state index in [1.807, 2.05) is 13.0 Å². The Morgan fingerprint density at radius 2 is 1.92 bits per heavy atom. The molecule has 3 rings (SSSR count). The SMILES string of the molecule is CCOc1ccccc1CN1CCN(C2CCCCC2)C[C@@H]1CCO. The number of aliphatic hydroxyl groups excluding tert-OH is 1. The van der Waals surface area contributed by atoms with E-state index in [1.54, 1.807) is 0 Å². The van der Waals surface area contributed by atoms with Crippen LogP contribution in [0.15, 0.2) is 24.3 Å².